The second-order valence-corrected chi connectivity index (χ2v) is 2.66. The van der Waals surface area contributed by atoms with Gasteiger partial charge in [0.2, 0.25) is 0 Å². The zero-order chi connectivity index (χ0) is 9.68. The molecule has 0 amide bonds. The molecule has 0 N–H and O–H groups in total. The lowest BCUT2D eigenvalue weighted by Gasteiger charge is -2.12. The van der Waals surface area contributed by atoms with E-state index in [0.29, 0.717) is 5.56 Å². The smallest absolute Gasteiger partial charge is 0.303 e. The van der Waals surface area contributed by atoms with Gasteiger partial charge in [0.05, 0.1) is 0 Å². The first-order chi connectivity index (χ1) is 6.24. The number of alkyl halides is 1. The van der Waals surface area contributed by atoms with Gasteiger partial charge >= 0.3 is 5.97 Å². The van der Waals surface area contributed by atoms with E-state index < -0.39 is 18.7 Å². The molecule has 0 radical (unpaired) electrons. The van der Waals surface area contributed by atoms with Gasteiger partial charge in [0, 0.05) is 6.92 Å². The summed E-state index contributed by atoms with van der Waals surface area (Å²) >= 11 is 0. The van der Waals surface area contributed by atoms with E-state index in [1.54, 1.807) is 24.3 Å². The van der Waals surface area contributed by atoms with Crippen molar-refractivity contribution in [3.8, 4) is 0 Å². The molecule has 0 spiro atoms. The van der Waals surface area contributed by atoms with Crippen molar-refractivity contribution >= 4 is 5.97 Å². The van der Waals surface area contributed by atoms with Crippen LogP contribution in [0, 0.1) is 0 Å². The van der Waals surface area contributed by atoms with E-state index in [9.17, 15) is 9.18 Å². The Morgan fingerprint density at radius 1 is 1.46 bits per heavy atom. The molecule has 0 saturated carbocycles. The van der Waals surface area contributed by atoms with Crippen LogP contribution >= 0.6 is 0 Å². The van der Waals surface area contributed by atoms with Crippen LogP contribution in [0.5, 0.6) is 0 Å². The maximum Gasteiger partial charge on any atom is 0.303 e. The number of hydrogen-bond acceptors (Lipinski definition) is 2. The molecule has 0 heterocycles. The average molecular weight is 182 g/mol. The van der Waals surface area contributed by atoms with Crippen LogP contribution in [-0.4, -0.2) is 12.6 Å². The summed E-state index contributed by atoms with van der Waals surface area (Å²) in [5.41, 5.74) is 0.681. The molecule has 70 valence electrons. The van der Waals surface area contributed by atoms with E-state index in [0.717, 1.165) is 0 Å². The summed E-state index contributed by atoms with van der Waals surface area (Å²) in [6.45, 7) is 0.579. The Morgan fingerprint density at radius 3 is 2.54 bits per heavy atom. The molecule has 0 aliphatic rings. The molecule has 0 aliphatic heterocycles. The largest absolute Gasteiger partial charge is 0.455 e. The summed E-state index contributed by atoms with van der Waals surface area (Å²) in [4.78, 5) is 10.6. The molecule has 1 rings (SSSR count). The van der Waals surface area contributed by atoms with Gasteiger partial charge in [0.1, 0.15) is 6.67 Å². The number of benzene rings is 1. The molecule has 1 atom stereocenters. The van der Waals surface area contributed by atoms with Crippen molar-refractivity contribution in [3.63, 3.8) is 0 Å². The van der Waals surface area contributed by atoms with Gasteiger partial charge in [-0.15, -0.1) is 0 Å². The second kappa shape index (κ2) is 4.60. The SMILES string of the molecule is CC(=O)OC(CF)c1ccccc1. The van der Waals surface area contributed by atoms with E-state index in [1.807, 2.05) is 6.07 Å². The van der Waals surface area contributed by atoms with Crippen LogP contribution in [0.15, 0.2) is 30.3 Å². The maximum absolute atomic E-state index is 12.4. The van der Waals surface area contributed by atoms with Gasteiger partial charge in [-0.25, -0.2) is 4.39 Å². The Morgan fingerprint density at radius 2 is 2.08 bits per heavy atom. The summed E-state index contributed by atoms with van der Waals surface area (Å²) in [5.74, 6) is -0.466. The third-order valence-electron chi connectivity index (χ3n) is 1.62. The van der Waals surface area contributed by atoms with E-state index in [1.165, 1.54) is 6.92 Å². The molecule has 1 aromatic carbocycles. The van der Waals surface area contributed by atoms with Crippen LogP contribution in [0.3, 0.4) is 0 Å². The fraction of sp³-hybridized carbons (Fsp3) is 0.300. The first-order valence-electron chi connectivity index (χ1n) is 4.02. The molecule has 0 saturated heterocycles. The zero-order valence-electron chi connectivity index (χ0n) is 7.37. The van der Waals surface area contributed by atoms with Crippen LogP contribution in [0.2, 0.25) is 0 Å². The Bertz CT molecular complexity index is 272. The van der Waals surface area contributed by atoms with Crippen molar-refractivity contribution in [2.24, 2.45) is 0 Å². The van der Waals surface area contributed by atoms with Gasteiger partial charge in [-0.05, 0) is 5.56 Å². The van der Waals surface area contributed by atoms with Gasteiger partial charge in [-0.2, -0.15) is 0 Å². The normalized spacial score (nSPS) is 12.2. The second-order valence-electron chi connectivity index (χ2n) is 2.66. The summed E-state index contributed by atoms with van der Waals surface area (Å²) in [7, 11) is 0. The van der Waals surface area contributed by atoms with E-state index in [4.69, 9.17) is 4.74 Å². The highest BCUT2D eigenvalue weighted by Crippen LogP contribution is 2.17. The van der Waals surface area contributed by atoms with Gasteiger partial charge in [-0.3, -0.25) is 4.79 Å². The van der Waals surface area contributed by atoms with Gasteiger partial charge in [0.15, 0.2) is 6.10 Å². The molecule has 0 aromatic heterocycles. The van der Waals surface area contributed by atoms with Crippen LogP contribution < -0.4 is 0 Å². The number of hydrogen-bond donors (Lipinski definition) is 0. The molecule has 1 aromatic rings. The Kier molecular flexibility index (Phi) is 3.43. The first kappa shape index (κ1) is 9.71. The molecular weight excluding hydrogens is 171 g/mol. The fourth-order valence-corrected chi connectivity index (χ4v) is 1.06. The Balaban J connectivity index is 2.73. The average Bonchev–Trinajstić information content (AvgIpc) is 2.15. The van der Waals surface area contributed by atoms with Crippen molar-refractivity contribution in [1.29, 1.82) is 0 Å². The van der Waals surface area contributed by atoms with Crippen molar-refractivity contribution in [2.75, 3.05) is 6.67 Å². The fourth-order valence-electron chi connectivity index (χ4n) is 1.06. The van der Waals surface area contributed by atoms with E-state index >= 15 is 0 Å². The number of carbonyl (C=O) groups is 1. The predicted molar refractivity (Wildman–Crippen MR) is 46.9 cm³/mol. The zero-order valence-corrected chi connectivity index (χ0v) is 7.37. The molecule has 13 heavy (non-hydrogen) atoms. The van der Waals surface area contributed by atoms with Gasteiger partial charge < -0.3 is 4.74 Å². The number of carbonyl (C=O) groups excluding carboxylic acids is 1. The van der Waals surface area contributed by atoms with Crippen molar-refractivity contribution < 1.29 is 13.9 Å². The van der Waals surface area contributed by atoms with Crippen LogP contribution in [-0.2, 0) is 9.53 Å². The highest BCUT2D eigenvalue weighted by molar-refractivity contribution is 5.66. The maximum atomic E-state index is 12.4. The van der Waals surface area contributed by atoms with Crippen molar-refractivity contribution in [3.05, 3.63) is 35.9 Å². The number of ether oxygens (including phenoxy) is 1. The quantitative estimate of drug-likeness (QED) is 0.670. The highest BCUT2D eigenvalue weighted by Gasteiger charge is 2.13. The molecule has 1 unspecified atom stereocenters. The molecule has 2 nitrogen and oxygen atoms in total. The Labute approximate surface area is 76.3 Å². The van der Waals surface area contributed by atoms with Crippen LogP contribution in [0.1, 0.15) is 18.6 Å². The van der Waals surface area contributed by atoms with E-state index in [2.05, 4.69) is 0 Å². The van der Waals surface area contributed by atoms with Crippen LogP contribution in [0.25, 0.3) is 0 Å². The summed E-state index contributed by atoms with van der Waals surface area (Å²) in [6, 6.07) is 8.84. The number of rotatable bonds is 3. The molecule has 3 heteroatoms. The highest BCUT2D eigenvalue weighted by atomic mass is 19.1. The van der Waals surface area contributed by atoms with Gasteiger partial charge in [0.25, 0.3) is 0 Å². The van der Waals surface area contributed by atoms with E-state index in [-0.39, 0.29) is 0 Å². The van der Waals surface area contributed by atoms with Crippen LogP contribution in [0.4, 0.5) is 4.39 Å². The van der Waals surface area contributed by atoms with Crippen molar-refractivity contribution in [1.82, 2.24) is 0 Å². The van der Waals surface area contributed by atoms with Gasteiger partial charge in [-0.1, -0.05) is 30.3 Å². The third-order valence-corrected chi connectivity index (χ3v) is 1.62. The lowest BCUT2D eigenvalue weighted by atomic mass is 10.1. The minimum atomic E-state index is -0.765. The standard InChI is InChI=1S/C10H11FO2/c1-8(12)13-10(7-11)9-5-3-2-4-6-9/h2-6,10H,7H2,1H3. The Hall–Kier alpha value is -1.38. The summed E-state index contributed by atoms with van der Waals surface area (Å²) in [5, 5.41) is 0. The molecule has 0 bridgehead atoms. The minimum Gasteiger partial charge on any atom is -0.455 e. The lowest BCUT2D eigenvalue weighted by Crippen LogP contribution is -2.09. The minimum absolute atomic E-state index is 0.466. The topological polar surface area (TPSA) is 26.3 Å². The van der Waals surface area contributed by atoms with Crippen molar-refractivity contribution in [2.45, 2.75) is 13.0 Å². The first-order valence-corrected chi connectivity index (χ1v) is 4.02. The molecule has 0 fully saturated rings. The molecule has 0 aliphatic carbocycles. The third kappa shape index (κ3) is 2.86. The number of esters is 1. The predicted octanol–water partition coefficient (Wildman–Crippen LogP) is 2.26. The molecular formula is C10H11FO2. The lowest BCUT2D eigenvalue weighted by molar-refractivity contribution is -0.147. The number of halogens is 1. The summed E-state index contributed by atoms with van der Waals surface area (Å²) in [6.07, 6.45) is -0.765. The summed E-state index contributed by atoms with van der Waals surface area (Å²) < 4.78 is 17.2. The monoisotopic (exact) mass is 182 g/mol.